The molecule has 0 bridgehead atoms. The van der Waals surface area contributed by atoms with Crippen molar-refractivity contribution >= 4 is 11.6 Å². The van der Waals surface area contributed by atoms with Gasteiger partial charge in [0.05, 0.1) is 7.11 Å². The number of nitrogens with two attached hydrogens (primary N) is 1. The second-order valence-corrected chi connectivity index (χ2v) is 6.44. The summed E-state index contributed by atoms with van der Waals surface area (Å²) in [5, 5.41) is 0.698. The quantitative estimate of drug-likeness (QED) is 0.872. The van der Waals surface area contributed by atoms with E-state index in [9.17, 15) is 0 Å². The highest BCUT2D eigenvalue weighted by molar-refractivity contribution is 6.30. The molecule has 0 unspecified atom stereocenters. The van der Waals surface area contributed by atoms with Crippen LogP contribution in [0.2, 0.25) is 5.02 Å². The van der Waals surface area contributed by atoms with Gasteiger partial charge in [0.2, 0.25) is 0 Å². The summed E-state index contributed by atoms with van der Waals surface area (Å²) in [6.07, 6.45) is 0. The van der Waals surface area contributed by atoms with Crippen molar-refractivity contribution in [2.24, 2.45) is 5.73 Å². The Morgan fingerprint density at radius 3 is 1.88 bits per heavy atom. The first-order chi connectivity index (χ1) is 7.57. The minimum atomic E-state index is -0.476. The summed E-state index contributed by atoms with van der Waals surface area (Å²) >= 11 is 6.18. The largest absolute Gasteiger partial charge is 0.496 e. The molecule has 0 radical (unpaired) electrons. The Hall–Kier alpha value is -0.730. The average Bonchev–Trinajstić information content (AvgIpc) is 2.13. The van der Waals surface area contributed by atoms with Crippen molar-refractivity contribution in [3.8, 4) is 5.75 Å². The van der Waals surface area contributed by atoms with E-state index < -0.39 is 5.54 Å². The van der Waals surface area contributed by atoms with Gasteiger partial charge in [0.1, 0.15) is 5.75 Å². The molecule has 0 aliphatic heterocycles. The number of hydrogen-bond donors (Lipinski definition) is 1. The lowest BCUT2D eigenvalue weighted by atomic mass is 9.82. The Kier molecular flexibility index (Phi) is 3.80. The predicted octanol–water partition coefficient (Wildman–Crippen LogP) is 3.84. The molecule has 1 rings (SSSR count). The fraction of sp³-hybridized carbons (Fsp3) is 0.571. The van der Waals surface area contributed by atoms with Crippen LogP contribution in [0.15, 0.2) is 12.1 Å². The van der Waals surface area contributed by atoms with Crippen LogP contribution in [-0.4, -0.2) is 7.11 Å². The van der Waals surface area contributed by atoms with E-state index in [0.29, 0.717) is 5.02 Å². The topological polar surface area (TPSA) is 35.2 Å². The molecule has 0 amide bonds. The number of ether oxygens (including phenoxy) is 1. The van der Waals surface area contributed by atoms with Crippen LogP contribution < -0.4 is 10.5 Å². The molecule has 1 aromatic rings. The van der Waals surface area contributed by atoms with Crippen LogP contribution in [0.3, 0.4) is 0 Å². The zero-order valence-electron chi connectivity index (χ0n) is 11.5. The fourth-order valence-electron chi connectivity index (χ4n) is 1.85. The van der Waals surface area contributed by atoms with Gasteiger partial charge in [0.15, 0.2) is 0 Å². The van der Waals surface area contributed by atoms with Gasteiger partial charge in [-0.15, -0.1) is 0 Å². The van der Waals surface area contributed by atoms with Crippen molar-refractivity contribution in [3.63, 3.8) is 0 Å². The van der Waals surface area contributed by atoms with Gasteiger partial charge in [0.25, 0.3) is 0 Å². The van der Waals surface area contributed by atoms with Gasteiger partial charge in [-0.3, -0.25) is 0 Å². The average molecular weight is 256 g/mol. The summed E-state index contributed by atoms with van der Waals surface area (Å²) in [6, 6.07) is 3.84. The van der Waals surface area contributed by atoms with Gasteiger partial charge in [-0.1, -0.05) is 32.4 Å². The van der Waals surface area contributed by atoms with Crippen molar-refractivity contribution in [2.45, 2.75) is 45.6 Å². The molecule has 0 spiro atoms. The Balaban J connectivity index is 3.58. The van der Waals surface area contributed by atoms with Gasteiger partial charge in [-0.25, -0.2) is 0 Å². The molecule has 0 saturated heterocycles. The van der Waals surface area contributed by atoms with Crippen LogP contribution in [-0.2, 0) is 11.0 Å². The van der Waals surface area contributed by atoms with Crippen LogP contribution in [0.5, 0.6) is 5.75 Å². The molecule has 0 aliphatic carbocycles. The molecule has 0 aliphatic rings. The summed E-state index contributed by atoms with van der Waals surface area (Å²) < 4.78 is 5.55. The second kappa shape index (κ2) is 4.51. The van der Waals surface area contributed by atoms with Gasteiger partial charge < -0.3 is 10.5 Å². The highest BCUT2D eigenvalue weighted by Crippen LogP contribution is 2.39. The van der Waals surface area contributed by atoms with Gasteiger partial charge in [-0.2, -0.15) is 0 Å². The number of benzene rings is 1. The summed E-state index contributed by atoms with van der Waals surface area (Å²) in [5.74, 6) is 0.842. The standard InChI is InChI=1S/C14H22ClNO/c1-13(2,3)10-7-9(15)8-11(12(10)17-6)14(4,5)16/h7-8H,16H2,1-6H3. The normalized spacial score (nSPS) is 12.7. The maximum absolute atomic E-state index is 6.18. The van der Waals surface area contributed by atoms with E-state index in [0.717, 1.165) is 16.9 Å². The molecule has 96 valence electrons. The molecular formula is C14H22ClNO. The molecule has 3 heteroatoms. The Bertz CT molecular complexity index is 378. The Morgan fingerprint density at radius 1 is 1.06 bits per heavy atom. The monoisotopic (exact) mass is 255 g/mol. The molecule has 1 aromatic carbocycles. The molecule has 2 nitrogen and oxygen atoms in total. The summed E-state index contributed by atoms with van der Waals surface area (Å²) in [6.45, 7) is 10.3. The molecule has 17 heavy (non-hydrogen) atoms. The molecule has 0 heterocycles. The first-order valence-corrected chi connectivity index (χ1v) is 6.12. The molecule has 2 N–H and O–H groups in total. The highest BCUT2D eigenvalue weighted by atomic mass is 35.5. The number of methoxy groups -OCH3 is 1. The van der Waals surface area contributed by atoms with Crippen LogP contribution >= 0.6 is 11.6 Å². The van der Waals surface area contributed by atoms with Crippen molar-refractivity contribution in [2.75, 3.05) is 7.11 Å². The van der Waals surface area contributed by atoms with Crippen LogP contribution in [0, 0.1) is 0 Å². The lowest BCUT2D eigenvalue weighted by Crippen LogP contribution is -2.30. The van der Waals surface area contributed by atoms with Gasteiger partial charge in [0, 0.05) is 21.7 Å². The molecule has 0 aromatic heterocycles. The zero-order chi connectivity index (χ0) is 13.4. The number of halogens is 1. The van der Waals surface area contributed by atoms with E-state index in [2.05, 4.69) is 20.8 Å². The lowest BCUT2D eigenvalue weighted by Gasteiger charge is -2.29. The fourth-order valence-corrected chi connectivity index (χ4v) is 2.07. The van der Waals surface area contributed by atoms with Crippen LogP contribution in [0.25, 0.3) is 0 Å². The first-order valence-electron chi connectivity index (χ1n) is 5.74. The van der Waals surface area contributed by atoms with Crippen LogP contribution in [0.1, 0.15) is 45.7 Å². The minimum Gasteiger partial charge on any atom is -0.496 e. The van der Waals surface area contributed by atoms with Gasteiger partial charge >= 0.3 is 0 Å². The predicted molar refractivity (Wildman–Crippen MR) is 73.9 cm³/mol. The van der Waals surface area contributed by atoms with E-state index in [1.807, 2.05) is 26.0 Å². The van der Waals surface area contributed by atoms with Crippen LogP contribution in [0.4, 0.5) is 0 Å². The summed E-state index contributed by atoms with van der Waals surface area (Å²) in [7, 11) is 1.67. The summed E-state index contributed by atoms with van der Waals surface area (Å²) in [5.41, 5.74) is 7.69. The van der Waals surface area contributed by atoms with E-state index in [1.54, 1.807) is 7.11 Å². The first kappa shape index (κ1) is 14.3. The van der Waals surface area contributed by atoms with Gasteiger partial charge in [-0.05, 0) is 31.4 Å². The van der Waals surface area contributed by atoms with Crippen molar-refractivity contribution in [1.29, 1.82) is 0 Å². The lowest BCUT2D eigenvalue weighted by molar-refractivity contribution is 0.379. The summed E-state index contributed by atoms with van der Waals surface area (Å²) in [4.78, 5) is 0. The molecular weight excluding hydrogens is 234 g/mol. The maximum atomic E-state index is 6.18. The Labute approximate surface area is 109 Å². The van der Waals surface area contributed by atoms with Crippen molar-refractivity contribution in [1.82, 2.24) is 0 Å². The van der Waals surface area contributed by atoms with Crippen molar-refractivity contribution in [3.05, 3.63) is 28.3 Å². The molecule has 0 atom stereocenters. The van der Waals surface area contributed by atoms with E-state index in [4.69, 9.17) is 22.1 Å². The third kappa shape index (κ3) is 3.14. The number of hydrogen-bond acceptors (Lipinski definition) is 2. The second-order valence-electron chi connectivity index (χ2n) is 6.01. The van der Waals surface area contributed by atoms with Crippen molar-refractivity contribution < 1.29 is 4.74 Å². The van der Waals surface area contributed by atoms with E-state index in [1.165, 1.54) is 0 Å². The zero-order valence-corrected chi connectivity index (χ0v) is 12.3. The molecule has 0 fully saturated rings. The highest BCUT2D eigenvalue weighted by Gasteiger charge is 2.27. The minimum absolute atomic E-state index is 0.0315. The number of rotatable bonds is 2. The molecule has 0 saturated carbocycles. The smallest absolute Gasteiger partial charge is 0.127 e. The van der Waals surface area contributed by atoms with E-state index in [-0.39, 0.29) is 5.41 Å². The third-order valence-corrected chi connectivity index (χ3v) is 2.98. The maximum Gasteiger partial charge on any atom is 0.127 e. The Morgan fingerprint density at radius 2 is 1.53 bits per heavy atom. The SMILES string of the molecule is COc1c(C(C)(C)C)cc(Cl)cc1C(C)(C)N. The van der Waals surface area contributed by atoms with E-state index >= 15 is 0 Å². The third-order valence-electron chi connectivity index (χ3n) is 2.76.